The summed E-state index contributed by atoms with van der Waals surface area (Å²) in [5, 5.41) is 8.08. The van der Waals surface area contributed by atoms with Crippen LogP contribution in [0.5, 0.6) is 0 Å². The second kappa shape index (κ2) is 3.52. The third kappa shape index (κ3) is 1.53. The number of hydrogen-bond donors (Lipinski definition) is 2. The maximum Gasteiger partial charge on any atom is 0.124 e. The highest BCUT2D eigenvalue weighted by Crippen LogP contribution is 2.36. The van der Waals surface area contributed by atoms with Gasteiger partial charge >= 0.3 is 0 Å². The van der Waals surface area contributed by atoms with Gasteiger partial charge in [0, 0.05) is 31.0 Å². The molecular weight excluding hydrogens is 188 g/mol. The summed E-state index contributed by atoms with van der Waals surface area (Å²) in [5.74, 6) is 2.44. The fraction of sp³-hybridized carbons (Fsp3) is 0.727. The lowest BCUT2D eigenvalue weighted by atomic mass is 9.83. The third-order valence-electron chi connectivity index (χ3n) is 3.66. The molecule has 1 saturated carbocycles. The smallest absolute Gasteiger partial charge is 0.124 e. The SMILES string of the molecule is NCC1CNc2cc(C3CCC3)nn2C1. The van der Waals surface area contributed by atoms with Crippen LogP contribution in [0, 0.1) is 5.92 Å². The van der Waals surface area contributed by atoms with Crippen LogP contribution >= 0.6 is 0 Å². The van der Waals surface area contributed by atoms with Crippen molar-refractivity contribution in [2.45, 2.75) is 31.7 Å². The molecule has 2 aliphatic rings. The summed E-state index contributed by atoms with van der Waals surface area (Å²) < 4.78 is 2.09. The monoisotopic (exact) mass is 206 g/mol. The van der Waals surface area contributed by atoms with E-state index >= 15 is 0 Å². The van der Waals surface area contributed by atoms with Crippen LogP contribution in [0.15, 0.2) is 6.07 Å². The third-order valence-corrected chi connectivity index (χ3v) is 3.66. The van der Waals surface area contributed by atoms with Crippen molar-refractivity contribution in [3.05, 3.63) is 11.8 Å². The quantitative estimate of drug-likeness (QED) is 0.763. The van der Waals surface area contributed by atoms with Crippen molar-refractivity contribution >= 4 is 5.82 Å². The highest BCUT2D eigenvalue weighted by Gasteiger charge is 2.25. The average molecular weight is 206 g/mol. The lowest BCUT2D eigenvalue weighted by molar-refractivity contribution is 0.390. The minimum atomic E-state index is 0.534. The van der Waals surface area contributed by atoms with Crippen molar-refractivity contribution < 1.29 is 0 Å². The molecular formula is C11H18N4. The Hall–Kier alpha value is -1.03. The van der Waals surface area contributed by atoms with Gasteiger partial charge in [0.1, 0.15) is 5.82 Å². The zero-order valence-corrected chi connectivity index (χ0v) is 8.95. The van der Waals surface area contributed by atoms with Crippen LogP contribution in [0.4, 0.5) is 5.82 Å². The first-order chi connectivity index (χ1) is 7.36. The minimum absolute atomic E-state index is 0.534. The minimum Gasteiger partial charge on any atom is -0.370 e. The highest BCUT2D eigenvalue weighted by atomic mass is 15.3. The first kappa shape index (κ1) is 9.21. The Labute approximate surface area is 89.8 Å². The van der Waals surface area contributed by atoms with Gasteiger partial charge in [0.15, 0.2) is 0 Å². The molecule has 1 unspecified atom stereocenters. The zero-order valence-electron chi connectivity index (χ0n) is 8.95. The van der Waals surface area contributed by atoms with Crippen molar-refractivity contribution in [1.29, 1.82) is 0 Å². The van der Waals surface area contributed by atoms with Gasteiger partial charge in [0.05, 0.1) is 5.69 Å². The number of anilines is 1. The van der Waals surface area contributed by atoms with Crippen LogP contribution in [0.25, 0.3) is 0 Å². The van der Waals surface area contributed by atoms with Crippen molar-refractivity contribution in [3.8, 4) is 0 Å². The van der Waals surface area contributed by atoms with Crippen LogP contribution in [-0.2, 0) is 6.54 Å². The summed E-state index contributed by atoms with van der Waals surface area (Å²) in [7, 11) is 0. The molecule has 3 N–H and O–H groups in total. The van der Waals surface area contributed by atoms with Gasteiger partial charge in [-0.05, 0) is 19.4 Å². The second-order valence-corrected chi connectivity index (χ2v) is 4.75. The van der Waals surface area contributed by atoms with E-state index in [1.807, 2.05) is 0 Å². The Morgan fingerprint density at radius 3 is 3.07 bits per heavy atom. The largest absolute Gasteiger partial charge is 0.370 e. The summed E-state index contributed by atoms with van der Waals surface area (Å²) in [6.45, 7) is 2.71. The molecule has 0 aromatic carbocycles. The van der Waals surface area contributed by atoms with Crippen LogP contribution < -0.4 is 11.1 Å². The van der Waals surface area contributed by atoms with E-state index in [0.29, 0.717) is 5.92 Å². The molecule has 1 aromatic heterocycles. The van der Waals surface area contributed by atoms with E-state index in [0.717, 1.165) is 25.6 Å². The average Bonchev–Trinajstić information content (AvgIpc) is 2.56. The van der Waals surface area contributed by atoms with E-state index in [9.17, 15) is 0 Å². The first-order valence-electron chi connectivity index (χ1n) is 5.88. The molecule has 1 aliphatic heterocycles. The maximum absolute atomic E-state index is 5.68. The number of rotatable bonds is 2. The highest BCUT2D eigenvalue weighted by molar-refractivity contribution is 5.40. The van der Waals surface area contributed by atoms with Gasteiger partial charge in [0.2, 0.25) is 0 Å². The Kier molecular flexibility index (Phi) is 2.16. The van der Waals surface area contributed by atoms with Crippen LogP contribution in [0.2, 0.25) is 0 Å². The molecule has 4 heteroatoms. The van der Waals surface area contributed by atoms with Gasteiger partial charge < -0.3 is 11.1 Å². The fourth-order valence-electron chi connectivity index (χ4n) is 2.34. The number of nitrogens with two attached hydrogens (primary N) is 1. The first-order valence-corrected chi connectivity index (χ1v) is 5.88. The Morgan fingerprint density at radius 2 is 2.40 bits per heavy atom. The molecule has 0 saturated heterocycles. The topological polar surface area (TPSA) is 55.9 Å². The molecule has 0 amide bonds. The van der Waals surface area contributed by atoms with E-state index in [-0.39, 0.29) is 0 Å². The van der Waals surface area contributed by atoms with Gasteiger partial charge in [-0.25, -0.2) is 4.68 Å². The van der Waals surface area contributed by atoms with Gasteiger partial charge in [-0.2, -0.15) is 5.10 Å². The molecule has 82 valence electrons. The van der Waals surface area contributed by atoms with Crippen LogP contribution in [0.3, 0.4) is 0 Å². The summed E-state index contributed by atoms with van der Waals surface area (Å²) in [6.07, 6.45) is 4.00. The lowest BCUT2D eigenvalue weighted by Gasteiger charge is -2.23. The second-order valence-electron chi connectivity index (χ2n) is 4.75. The van der Waals surface area contributed by atoms with Crippen LogP contribution in [0.1, 0.15) is 30.9 Å². The van der Waals surface area contributed by atoms with Crippen LogP contribution in [-0.4, -0.2) is 22.9 Å². The summed E-state index contributed by atoms with van der Waals surface area (Å²) >= 11 is 0. The van der Waals surface area contributed by atoms with E-state index < -0.39 is 0 Å². The number of hydrogen-bond acceptors (Lipinski definition) is 3. The molecule has 1 aliphatic carbocycles. The van der Waals surface area contributed by atoms with Gasteiger partial charge in [-0.1, -0.05) is 6.42 Å². The molecule has 1 atom stereocenters. The molecule has 15 heavy (non-hydrogen) atoms. The number of fused-ring (bicyclic) bond motifs is 1. The Balaban J connectivity index is 1.81. The number of nitrogens with zero attached hydrogens (tertiary/aromatic N) is 2. The summed E-state index contributed by atoms with van der Waals surface area (Å²) in [5.41, 5.74) is 6.96. The Bertz CT molecular complexity index is 353. The maximum atomic E-state index is 5.68. The molecule has 2 heterocycles. The molecule has 0 bridgehead atoms. The number of nitrogens with one attached hydrogen (secondary N) is 1. The standard InChI is InChI=1S/C11H18N4/c12-5-8-6-13-11-4-10(9-2-1-3-9)14-15(11)7-8/h4,8-9,13H,1-3,5-7,12H2. The predicted molar refractivity (Wildman–Crippen MR) is 59.9 cm³/mol. The van der Waals surface area contributed by atoms with Gasteiger partial charge in [0.25, 0.3) is 0 Å². The summed E-state index contributed by atoms with van der Waals surface area (Å²) in [4.78, 5) is 0. The summed E-state index contributed by atoms with van der Waals surface area (Å²) in [6, 6.07) is 2.22. The van der Waals surface area contributed by atoms with E-state index in [1.54, 1.807) is 0 Å². The van der Waals surface area contributed by atoms with E-state index in [1.165, 1.54) is 30.8 Å². The van der Waals surface area contributed by atoms with Crippen molar-refractivity contribution in [2.24, 2.45) is 11.7 Å². The van der Waals surface area contributed by atoms with Gasteiger partial charge in [-0.3, -0.25) is 0 Å². The molecule has 3 rings (SSSR count). The number of aromatic nitrogens is 2. The van der Waals surface area contributed by atoms with Crippen molar-refractivity contribution in [3.63, 3.8) is 0 Å². The lowest BCUT2D eigenvalue weighted by Crippen LogP contribution is -2.32. The normalized spacial score (nSPS) is 25.5. The van der Waals surface area contributed by atoms with Gasteiger partial charge in [-0.15, -0.1) is 0 Å². The zero-order chi connectivity index (χ0) is 10.3. The van der Waals surface area contributed by atoms with E-state index in [4.69, 9.17) is 5.73 Å². The van der Waals surface area contributed by atoms with E-state index in [2.05, 4.69) is 21.2 Å². The van der Waals surface area contributed by atoms with Crippen molar-refractivity contribution in [2.75, 3.05) is 18.4 Å². The fourth-order valence-corrected chi connectivity index (χ4v) is 2.34. The van der Waals surface area contributed by atoms with Crippen molar-refractivity contribution in [1.82, 2.24) is 9.78 Å². The molecule has 0 radical (unpaired) electrons. The molecule has 0 spiro atoms. The Morgan fingerprint density at radius 1 is 1.53 bits per heavy atom. The molecule has 4 nitrogen and oxygen atoms in total. The molecule has 1 aromatic rings. The predicted octanol–water partition coefficient (Wildman–Crippen LogP) is 1.15. The molecule has 1 fully saturated rings.